The molecule has 7 heteroatoms. The molecular weight excluding hydrogens is 432 g/mol. The van der Waals surface area contributed by atoms with Crippen molar-refractivity contribution in [3.63, 3.8) is 0 Å². The van der Waals surface area contributed by atoms with Gasteiger partial charge in [-0.05, 0) is 43.7 Å². The molecule has 2 fully saturated rings. The van der Waals surface area contributed by atoms with Crippen LogP contribution in [0, 0.1) is 12.8 Å². The molecule has 1 atom stereocenters. The van der Waals surface area contributed by atoms with E-state index in [-0.39, 0.29) is 17.4 Å². The summed E-state index contributed by atoms with van der Waals surface area (Å²) in [4.78, 5) is 35.9. The highest BCUT2D eigenvalue weighted by Crippen LogP contribution is 2.34. The number of rotatable bonds is 4. The third-order valence-electron chi connectivity index (χ3n) is 7.14. The lowest BCUT2D eigenvalue weighted by Gasteiger charge is -2.33. The topological polar surface area (TPSA) is 78.1 Å². The van der Waals surface area contributed by atoms with Gasteiger partial charge in [0.2, 0.25) is 11.9 Å². The van der Waals surface area contributed by atoms with Crippen LogP contribution in [-0.2, 0) is 4.79 Å². The van der Waals surface area contributed by atoms with Crippen LogP contribution >= 0.6 is 11.3 Å². The fraction of sp³-hybridized carbons (Fsp3) is 0.500. The summed E-state index contributed by atoms with van der Waals surface area (Å²) in [7, 11) is 0. The Hall–Kier alpha value is -2.67. The number of amides is 1. The summed E-state index contributed by atoms with van der Waals surface area (Å²) in [6, 6.07) is 8.50. The Morgan fingerprint density at radius 1 is 1.09 bits per heavy atom. The summed E-state index contributed by atoms with van der Waals surface area (Å²) in [6.07, 6.45) is 8.94. The molecule has 1 saturated heterocycles. The molecule has 2 N–H and O–H groups in total. The molecule has 2 aliphatic rings. The molecule has 174 valence electrons. The molecule has 33 heavy (non-hydrogen) atoms. The van der Waals surface area contributed by atoms with E-state index in [1.165, 1.54) is 37.0 Å². The van der Waals surface area contributed by atoms with Crippen molar-refractivity contribution in [3.05, 3.63) is 45.6 Å². The lowest BCUT2D eigenvalue weighted by molar-refractivity contribution is -0.126. The first kappa shape index (κ1) is 22.1. The summed E-state index contributed by atoms with van der Waals surface area (Å²) in [5.74, 6) is 0.667. The molecule has 1 aliphatic carbocycles. The van der Waals surface area contributed by atoms with Gasteiger partial charge in [0, 0.05) is 30.1 Å². The van der Waals surface area contributed by atoms with Gasteiger partial charge in [-0.25, -0.2) is 4.98 Å². The number of piperidine rings is 1. The number of nitrogens with zero attached hydrogens (tertiary/aromatic N) is 2. The van der Waals surface area contributed by atoms with Crippen molar-refractivity contribution in [1.82, 2.24) is 15.3 Å². The van der Waals surface area contributed by atoms with Crippen LogP contribution in [0.4, 0.5) is 5.95 Å². The number of aromatic amines is 1. The van der Waals surface area contributed by atoms with Gasteiger partial charge in [0.25, 0.3) is 5.56 Å². The predicted octanol–water partition coefficient (Wildman–Crippen LogP) is 5.02. The van der Waals surface area contributed by atoms with Crippen molar-refractivity contribution < 1.29 is 4.79 Å². The summed E-state index contributed by atoms with van der Waals surface area (Å²) in [5, 5.41) is 5.34. The van der Waals surface area contributed by atoms with Crippen LogP contribution in [0.15, 0.2) is 34.4 Å². The molecule has 3 heterocycles. The third-order valence-corrected chi connectivity index (χ3v) is 8.11. The quantitative estimate of drug-likeness (QED) is 0.532. The zero-order valence-electron chi connectivity index (χ0n) is 19.2. The fourth-order valence-corrected chi connectivity index (χ4v) is 6.16. The van der Waals surface area contributed by atoms with Crippen molar-refractivity contribution in [1.29, 1.82) is 0 Å². The highest BCUT2D eigenvalue weighted by Gasteiger charge is 2.29. The van der Waals surface area contributed by atoms with Crippen molar-refractivity contribution in [2.75, 3.05) is 18.0 Å². The van der Waals surface area contributed by atoms with E-state index in [1.807, 2.05) is 17.5 Å². The van der Waals surface area contributed by atoms with Crippen LogP contribution in [-0.4, -0.2) is 35.0 Å². The van der Waals surface area contributed by atoms with Crippen molar-refractivity contribution >= 4 is 33.4 Å². The number of aryl methyl sites for hydroxylation is 1. The number of nitrogens with one attached hydrogen (secondary N) is 2. The van der Waals surface area contributed by atoms with Gasteiger partial charge in [-0.1, -0.05) is 49.9 Å². The Balaban J connectivity index is 1.38. The Kier molecular flexibility index (Phi) is 6.49. The molecule has 3 aromatic rings. The number of carbonyl (C=O) groups excluding carboxylic acids is 1. The number of H-pyrrole nitrogens is 1. The highest BCUT2D eigenvalue weighted by molar-refractivity contribution is 7.17. The van der Waals surface area contributed by atoms with E-state index < -0.39 is 0 Å². The standard InChI is InChI=1S/C26H32N4O2S/c1-17-9-6-7-13-20(17)21-16-33-23-22(21)28-26(29-25(23)32)30-14-8-10-18(15-30)24(31)27-19-11-4-2-3-5-12-19/h6-7,9,13,16,18-19H,2-5,8,10-12,14-15H2,1H3,(H,27,31)(H,28,29,32)/t18-/m1/s1. The Morgan fingerprint density at radius 2 is 1.88 bits per heavy atom. The van der Waals surface area contributed by atoms with E-state index >= 15 is 0 Å². The SMILES string of the molecule is Cc1ccccc1-c1csc2c(=O)[nH]c(N3CCC[C@@H](C(=O)NC4CCCCCC4)C3)nc12. The zero-order valence-corrected chi connectivity index (χ0v) is 20.0. The zero-order chi connectivity index (χ0) is 22.8. The number of carbonyl (C=O) groups is 1. The minimum Gasteiger partial charge on any atom is -0.353 e. The molecule has 5 rings (SSSR count). The summed E-state index contributed by atoms with van der Waals surface area (Å²) in [6.45, 7) is 3.47. The lowest BCUT2D eigenvalue weighted by atomic mass is 9.96. The second-order valence-corrected chi connectivity index (χ2v) is 10.4. The number of hydrogen-bond donors (Lipinski definition) is 2. The molecule has 1 saturated carbocycles. The average Bonchev–Trinajstić information content (AvgIpc) is 3.09. The molecule has 1 aromatic carbocycles. The van der Waals surface area contributed by atoms with Gasteiger partial charge >= 0.3 is 0 Å². The van der Waals surface area contributed by atoms with Crippen LogP contribution in [0.5, 0.6) is 0 Å². The molecule has 0 unspecified atom stereocenters. The number of fused-ring (bicyclic) bond motifs is 1. The van der Waals surface area contributed by atoms with Gasteiger partial charge < -0.3 is 10.2 Å². The van der Waals surface area contributed by atoms with E-state index in [0.717, 1.165) is 54.4 Å². The van der Waals surface area contributed by atoms with E-state index in [1.54, 1.807) is 0 Å². The smallest absolute Gasteiger partial charge is 0.270 e. The number of hydrogen-bond acceptors (Lipinski definition) is 5. The Labute approximate surface area is 198 Å². The number of aromatic nitrogens is 2. The van der Waals surface area contributed by atoms with E-state index in [9.17, 15) is 9.59 Å². The van der Waals surface area contributed by atoms with E-state index in [4.69, 9.17) is 4.98 Å². The van der Waals surface area contributed by atoms with Crippen LogP contribution in [0.2, 0.25) is 0 Å². The molecule has 6 nitrogen and oxygen atoms in total. The normalized spacial score (nSPS) is 20.0. The van der Waals surface area contributed by atoms with Crippen LogP contribution in [0.1, 0.15) is 56.9 Å². The van der Waals surface area contributed by atoms with Crippen molar-refractivity contribution in [2.24, 2.45) is 5.92 Å². The first-order valence-corrected chi connectivity index (χ1v) is 13.1. The largest absolute Gasteiger partial charge is 0.353 e. The minimum absolute atomic E-state index is 0.0682. The van der Waals surface area contributed by atoms with Gasteiger partial charge in [-0.3, -0.25) is 14.6 Å². The summed E-state index contributed by atoms with van der Waals surface area (Å²) >= 11 is 1.44. The molecule has 1 aliphatic heterocycles. The molecule has 0 bridgehead atoms. The van der Waals surface area contributed by atoms with Gasteiger partial charge in [0.1, 0.15) is 4.70 Å². The maximum Gasteiger partial charge on any atom is 0.270 e. The predicted molar refractivity (Wildman–Crippen MR) is 135 cm³/mol. The van der Waals surface area contributed by atoms with Crippen molar-refractivity contribution in [2.45, 2.75) is 64.3 Å². The van der Waals surface area contributed by atoms with Crippen LogP contribution < -0.4 is 15.8 Å². The first-order chi connectivity index (χ1) is 16.1. The lowest BCUT2D eigenvalue weighted by Crippen LogP contribution is -2.46. The molecule has 1 amide bonds. The van der Waals surface area contributed by atoms with E-state index in [2.05, 4.69) is 34.3 Å². The third kappa shape index (κ3) is 4.69. The summed E-state index contributed by atoms with van der Waals surface area (Å²) in [5.41, 5.74) is 3.91. The van der Waals surface area contributed by atoms with Gasteiger partial charge in [-0.15, -0.1) is 11.3 Å². The highest BCUT2D eigenvalue weighted by atomic mass is 32.1. The second kappa shape index (κ2) is 9.67. The maximum atomic E-state index is 13.0. The van der Waals surface area contributed by atoms with Crippen LogP contribution in [0.3, 0.4) is 0 Å². The van der Waals surface area contributed by atoms with Gasteiger partial charge in [-0.2, -0.15) is 0 Å². The fourth-order valence-electron chi connectivity index (χ4n) is 5.26. The number of anilines is 1. The average molecular weight is 465 g/mol. The molecule has 2 aromatic heterocycles. The van der Waals surface area contributed by atoms with Gasteiger partial charge in [0.05, 0.1) is 11.4 Å². The Bertz CT molecular complexity index is 1190. The maximum absolute atomic E-state index is 13.0. The van der Waals surface area contributed by atoms with E-state index in [0.29, 0.717) is 23.2 Å². The number of thiophene rings is 1. The monoisotopic (exact) mass is 464 g/mol. The summed E-state index contributed by atoms with van der Waals surface area (Å²) < 4.78 is 0.650. The second-order valence-electron chi connectivity index (χ2n) is 9.51. The van der Waals surface area contributed by atoms with Gasteiger partial charge in [0.15, 0.2) is 0 Å². The Morgan fingerprint density at radius 3 is 2.67 bits per heavy atom. The molecule has 0 radical (unpaired) electrons. The first-order valence-electron chi connectivity index (χ1n) is 12.2. The molecule has 0 spiro atoms. The van der Waals surface area contributed by atoms with Crippen molar-refractivity contribution in [3.8, 4) is 11.1 Å². The minimum atomic E-state index is -0.107. The van der Waals surface area contributed by atoms with Crippen LogP contribution in [0.25, 0.3) is 21.3 Å². The number of benzene rings is 1. The molecular formula is C26H32N4O2S.